The van der Waals surface area contributed by atoms with Crippen molar-refractivity contribution in [2.75, 3.05) is 28.6 Å². The van der Waals surface area contributed by atoms with Crippen LogP contribution in [0, 0.1) is 0 Å². The van der Waals surface area contributed by atoms with Crippen molar-refractivity contribution in [3.63, 3.8) is 0 Å². The third-order valence-electron chi connectivity index (χ3n) is 5.65. The van der Waals surface area contributed by atoms with Crippen LogP contribution in [0.2, 0.25) is 10.0 Å². The first kappa shape index (κ1) is 25.3. The van der Waals surface area contributed by atoms with E-state index in [0.717, 1.165) is 18.7 Å². The molecule has 1 saturated heterocycles. The number of aromatic nitrogens is 2. The van der Waals surface area contributed by atoms with Gasteiger partial charge in [-0.1, -0.05) is 35.3 Å². The lowest BCUT2D eigenvalue weighted by Crippen LogP contribution is -2.37. The number of amides is 3. The van der Waals surface area contributed by atoms with Gasteiger partial charge in [-0.25, -0.2) is 0 Å². The van der Waals surface area contributed by atoms with E-state index in [1.54, 1.807) is 31.2 Å². The van der Waals surface area contributed by atoms with Crippen LogP contribution in [0.5, 0.6) is 0 Å². The zero-order valence-corrected chi connectivity index (χ0v) is 20.9. The molecule has 1 fully saturated rings. The summed E-state index contributed by atoms with van der Waals surface area (Å²) in [5.41, 5.74) is 2.16. The highest BCUT2D eigenvalue weighted by atomic mass is 35.5. The largest absolute Gasteiger partial charge is 0.369 e. The number of nitrogens with zero attached hydrogens (tertiary/aromatic N) is 2. The molecule has 2 heterocycles. The second kappa shape index (κ2) is 11.3. The lowest BCUT2D eigenvalue weighted by atomic mass is 10.2. The lowest BCUT2D eigenvalue weighted by Gasteiger charge is -2.19. The summed E-state index contributed by atoms with van der Waals surface area (Å²) in [5, 5.41) is 15.4. The summed E-state index contributed by atoms with van der Waals surface area (Å²) in [5.74, 6) is -1.11. The molecule has 2 aromatic carbocycles. The van der Waals surface area contributed by atoms with Gasteiger partial charge in [-0.15, -0.1) is 0 Å². The summed E-state index contributed by atoms with van der Waals surface area (Å²) in [6.45, 7) is 3.15. The fourth-order valence-corrected chi connectivity index (χ4v) is 4.48. The Morgan fingerprint density at radius 3 is 2.47 bits per heavy atom. The summed E-state index contributed by atoms with van der Waals surface area (Å²) in [4.78, 5) is 39.5. The van der Waals surface area contributed by atoms with E-state index in [1.807, 2.05) is 24.3 Å². The number of hydrogen-bond donors (Lipinski definition) is 4. The summed E-state index contributed by atoms with van der Waals surface area (Å²) >= 11 is 12.2. The van der Waals surface area contributed by atoms with Crippen molar-refractivity contribution in [1.82, 2.24) is 15.5 Å². The van der Waals surface area contributed by atoms with Crippen molar-refractivity contribution >= 4 is 58.0 Å². The SMILES string of the molecule is CC=CC(=O)Nc1ccc(N2CCC(NC(=O)c3[nH]ncc3NC(=O)c3c(Cl)cccc3Cl)C2)cc1. The summed E-state index contributed by atoms with van der Waals surface area (Å²) in [7, 11) is 0. The molecule has 1 atom stereocenters. The minimum absolute atomic E-state index is 0.101. The highest BCUT2D eigenvalue weighted by molar-refractivity contribution is 6.40. The summed E-state index contributed by atoms with van der Waals surface area (Å²) < 4.78 is 0. The van der Waals surface area contributed by atoms with Gasteiger partial charge in [-0.3, -0.25) is 19.5 Å². The molecule has 4 rings (SSSR count). The number of aromatic amines is 1. The first-order valence-corrected chi connectivity index (χ1v) is 12.0. The van der Waals surface area contributed by atoms with E-state index in [1.165, 1.54) is 12.3 Å². The third-order valence-corrected chi connectivity index (χ3v) is 6.28. The van der Waals surface area contributed by atoms with Crippen LogP contribution >= 0.6 is 23.2 Å². The predicted molar refractivity (Wildman–Crippen MR) is 141 cm³/mol. The van der Waals surface area contributed by atoms with Crippen molar-refractivity contribution in [1.29, 1.82) is 0 Å². The Hall–Kier alpha value is -3.82. The second-order valence-corrected chi connectivity index (χ2v) is 8.97. The average molecular weight is 527 g/mol. The van der Waals surface area contributed by atoms with Crippen LogP contribution < -0.4 is 20.9 Å². The van der Waals surface area contributed by atoms with E-state index in [4.69, 9.17) is 23.2 Å². The molecule has 11 heteroatoms. The van der Waals surface area contributed by atoms with E-state index in [-0.39, 0.29) is 44.8 Å². The predicted octanol–water partition coefficient (Wildman–Crippen LogP) is 4.49. The van der Waals surface area contributed by atoms with Crippen LogP contribution in [0.25, 0.3) is 0 Å². The van der Waals surface area contributed by atoms with E-state index in [2.05, 4.69) is 31.0 Å². The molecule has 1 aliphatic rings. The van der Waals surface area contributed by atoms with Crippen LogP contribution in [0.3, 0.4) is 0 Å². The van der Waals surface area contributed by atoms with Crippen LogP contribution in [-0.4, -0.2) is 47.1 Å². The first-order chi connectivity index (χ1) is 17.4. The molecule has 0 radical (unpaired) electrons. The van der Waals surface area contributed by atoms with Gasteiger partial charge in [0.1, 0.15) is 5.69 Å². The lowest BCUT2D eigenvalue weighted by molar-refractivity contribution is -0.111. The van der Waals surface area contributed by atoms with Crippen molar-refractivity contribution in [3.8, 4) is 0 Å². The Morgan fingerprint density at radius 1 is 1.06 bits per heavy atom. The second-order valence-electron chi connectivity index (χ2n) is 8.15. The van der Waals surface area contributed by atoms with Gasteiger partial charge in [0.05, 0.1) is 27.5 Å². The van der Waals surface area contributed by atoms with Gasteiger partial charge in [-0.2, -0.15) is 5.10 Å². The fourth-order valence-electron chi connectivity index (χ4n) is 3.91. The minimum atomic E-state index is -0.543. The number of allylic oxidation sites excluding steroid dienone is 1. The van der Waals surface area contributed by atoms with E-state index in [9.17, 15) is 14.4 Å². The monoisotopic (exact) mass is 526 g/mol. The molecule has 0 aliphatic carbocycles. The van der Waals surface area contributed by atoms with Gasteiger partial charge < -0.3 is 20.9 Å². The molecule has 9 nitrogen and oxygen atoms in total. The van der Waals surface area contributed by atoms with Gasteiger partial charge in [0, 0.05) is 30.5 Å². The standard InChI is InChI=1S/C25H24Cl2N6O3/c1-2-4-21(34)29-15-7-9-17(10-8-15)33-12-11-16(14-33)30-25(36)23-20(13-28-32-23)31-24(35)22-18(26)5-3-6-19(22)27/h2-10,13,16H,11-12,14H2,1H3,(H,28,32)(H,29,34)(H,30,36)(H,31,35). The van der Waals surface area contributed by atoms with Crippen LogP contribution in [0.15, 0.2) is 60.8 Å². The number of hydrogen-bond acceptors (Lipinski definition) is 5. The number of halogens is 2. The van der Waals surface area contributed by atoms with Gasteiger partial charge in [0.25, 0.3) is 11.8 Å². The maximum atomic E-state index is 12.9. The van der Waals surface area contributed by atoms with Crippen molar-refractivity contribution in [3.05, 3.63) is 82.1 Å². The molecule has 1 unspecified atom stereocenters. The molecule has 0 saturated carbocycles. The van der Waals surface area contributed by atoms with Crippen LogP contribution in [0.1, 0.15) is 34.2 Å². The first-order valence-electron chi connectivity index (χ1n) is 11.2. The molecule has 36 heavy (non-hydrogen) atoms. The van der Waals surface area contributed by atoms with E-state index in [0.29, 0.717) is 12.2 Å². The Labute approximate surface area is 217 Å². The number of nitrogens with one attached hydrogen (secondary N) is 4. The minimum Gasteiger partial charge on any atom is -0.369 e. The average Bonchev–Trinajstić information content (AvgIpc) is 3.49. The quantitative estimate of drug-likeness (QED) is 0.338. The van der Waals surface area contributed by atoms with Gasteiger partial charge in [0.2, 0.25) is 5.91 Å². The molecular formula is C25H24Cl2N6O3. The molecule has 1 aliphatic heterocycles. The third kappa shape index (κ3) is 5.87. The highest BCUT2D eigenvalue weighted by Gasteiger charge is 2.27. The number of benzene rings is 2. The molecule has 1 aromatic heterocycles. The molecular weight excluding hydrogens is 503 g/mol. The number of carbonyl (C=O) groups excluding carboxylic acids is 3. The van der Waals surface area contributed by atoms with E-state index < -0.39 is 5.91 Å². The topological polar surface area (TPSA) is 119 Å². The van der Waals surface area contributed by atoms with Crippen molar-refractivity contribution < 1.29 is 14.4 Å². The summed E-state index contributed by atoms with van der Waals surface area (Å²) in [6, 6.07) is 12.2. The van der Waals surface area contributed by atoms with Gasteiger partial charge in [-0.05, 0) is 55.8 Å². The molecule has 0 spiro atoms. The number of H-pyrrole nitrogens is 1. The normalized spacial score (nSPS) is 15.2. The smallest absolute Gasteiger partial charge is 0.271 e. The van der Waals surface area contributed by atoms with Crippen molar-refractivity contribution in [2.45, 2.75) is 19.4 Å². The maximum Gasteiger partial charge on any atom is 0.271 e. The number of carbonyl (C=O) groups is 3. The zero-order chi connectivity index (χ0) is 25.7. The Bertz CT molecular complexity index is 1290. The Balaban J connectivity index is 1.35. The zero-order valence-electron chi connectivity index (χ0n) is 19.3. The fraction of sp³-hybridized carbons (Fsp3) is 0.200. The Kier molecular flexibility index (Phi) is 7.92. The Morgan fingerprint density at radius 2 is 1.78 bits per heavy atom. The van der Waals surface area contributed by atoms with Gasteiger partial charge >= 0.3 is 0 Å². The van der Waals surface area contributed by atoms with Crippen molar-refractivity contribution in [2.24, 2.45) is 0 Å². The molecule has 4 N–H and O–H groups in total. The summed E-state index contributed by atoms with van der Waals surface area (Å²) in [6.07, 6.45) is 5.24. The van der Waals surface area contributed by atoms with E-state index >= 15 is 0 Å². The molecule has 3 amide bonds. The number of rotatable bonds is 7. The highest BCUT2D eigenvalue weighted by Crippen LogP contribution is 2.26. The molecule has 186 valence electrons. The maximum absolute atomic E-state index is 12.9. The number of anilines is 3. The molecule has 0 bridgehead atoms. The van der Waals surface area contributed by atoms with Gasteiger partial charge in [0.15, 0.2) is 0 Å². The van der Waals surface area contributed by atoms with Crippen LogP contribution in [0.4, 0.5) is 17.1 Å². The molecule has 3 aromatic rings. The van der Waals surface area contributed by atoms with Crippen LogP contribution in [-0.2, 0) is 4.79 Å².